The number of nitrogens with zero attached hydrogens (tertiary/aromatic N) is 3. The maximum atomic E-state index is 11.5. The molecule has 1 amide bonds. The first-order valence-electron chi connectivity index (χ1n) is 5.26. The molecular weight excluding hydrogens is 190 g/mol. The summed E-state index contributed by atoms with van der Waals surface area (Å²) in [6, 6.07) is 2.11. The summed E-state index contributed by atoms with van der Waals surface area (Å²) in [5.74, 6) is 0.604. The van der Waals surface area contributed by atoms with Gasteiger partial charge >= 0.3 is 0 Å². The molecule has 0 aromatic carbocycles. The third-order valence-electron chi connectivity index (χ3n) is 2.02. The Morgan fingerprint density at radius 1 is 1.40 bits per heavy atom. The van der Waals surface area contributed by atoms with E-state index in [0.29, 0.717) is 25.4 Å². The van der Waals surface area contributed by atoms with E-state index >= 15 is 0 Å². The Hall–Kier alpha value is -1.08. The minimum Gasteiger partial charge on any atom is -0.348 e. The minimum atomic E-state index is 0.0913. The third-order valence-corrected chi connectivity index (χ3v) is 2.02. The van der Waals surface area contributed by atoms with E-state index in [-0.39, 0.29) is 5.91 Å². The van der Waals surface area contributed by atoms with Gasteiger partial charge in [0.05, 0.1) is 12.6 Å². The molecule has 0 radical (unpaired) electrons. The van der Waals surface area contributed by atoms with E-state index in [1.54, 1.807) is 19.0 Å². The zero-order valence-electron chi connectivity index (χ0n) is 10.2. The molecule has 0 heterocycles. The Balaban J connectivity index is 4.12. The standard InChI is InChI=1S/C11H21N3O/c1-10(2)8-14(7-5-6-12)9-11(15)13(3)4/h10H,5,7-9H2,1-4H3. The molecule has 0 aliphatic rings. The molecule has 0 aromatic heterocycles. The van der Waals surface area contributed by atoms with Crippen LogP contribution in [0, 0.1) is 17.2 Å². The predicted molar refractivity (Wildman–Crippen MR) is 60.2 cm³/mol. The maximum Gasteiger partial charge on any atom is 0.236 e. The van der Waals surface area contributed by atoms with Crippen molar-refractivity contribution >= 4 is 5.91 Å². The van der Waals surface area contributed by atoms with Gasteiger partial charge in [0, 0.05) is 33.6 Å². The normalized spacial score (nSPS) is 10.5. The van der Waals surface area contributed by atoms with E-state index in [1.165, 1.54) is 0 Å². The number of carbonyl (C=O) groups excluding carboxylic acids is 1. The molecule has 0 fully saturated rings. The lowest BCUT2D eigenvalue weighted by Gasteiger charge is -2.24. The Kier molecular flexibility index (Phi) is 6.72. The van der Waals surface area contributed by atoms with Crippen LogP contribution >= 0.6 is 0 Å². The number of rotatable bonds is 6. The van der Waals surface area contributed by atoms with Gasteiger partial charge in [-0.1, -0.05) is 13.8 Å². The van der Waals surface area contributed by atoms with E-state index in [4.69, 9.17) is 5.26 Å². The Morgan fingerprint density at radius 3 is 2.40 bits per heavy atom. The van der Waals surface area contributed by atoms with Crippen LogP contribution in [0.1, 0.15) is 20.3 Å². The molecule has 15 heavy (non-hydrogen) atoms. The molecule has 0 atom stereocenters. The van der Waals surface area contributed by atoms with Gasteiger partial charge in [0.25, 0.3) is 0 Å². The van der Waals surface area contributed by atoms with Crippen molar-refractivity contribution in [2.24, 2.45) is 5.92 Å². The second-order valence-corrected chi connectivity index (χ2v) is 4.33. The maximum absolute atomic E-state index is 11.5. The van der Waals surface area contributed by atoms with Gasteiger partial charge in [-0.3, -0.25) is 9.69 Å². The van der Waals surface area contributed by atoms with E-state index in [0.717, 1.165) is 6.54 Å². The van der Waals surface area contributed by atoms with Crippen LogP contribution in [0.15, 0.2) is 0 Å². The van der Waals surface area contributed by atoms with Crippen LogP contribution in [-0.4, -0.2) is 49.4 Å². The third kappa shape index (κ3) is 6.92. The number of carbonyl (C=O) groups is 1. The summed E-state index contributed by atoms with van der Waals surface area (Å²) in [5.41, 5.74) is 0. The van der Waals surface area contributed by atoms with Crippen LogP contribution in [0.5, 0.6) is 0 Å². The van der Waals surface area contributed by atoms with Crippen LogP contribution in [0.2, 0.25) is 0 Å². The highest BCUT2D eigenvalue weighted by Crippen LogP contribution is 2.00. The van der Waals surface area contributed by atoms with Gasteiger partial charge in [-0.05, 0) is 5.92 Å². The molecule has 0 aliphatic heterocycles. The van der Waals surface area contributed by atoms with Crippen molar-refractivity contribution in [1.29, 1.82) is 5.26 Å². The summed E-state index contributed by atoms with van der Waals surface area (Å²) in [7, 11) is 3.50. The highest BCUT2D eigenvalue weighted by Gasteiger charge is 2.12. The molecule has 0 aromatic rings. The lowest BCUT2D eigenvalue weighted by Crippen LogP contribution is -2.38. The van der Waals surface area contributed by atoms with E-state index in [2.05, 4.69) is 19.9 Å². The van der Waals surface area contributed by atoms with Crippen molar-refractivity contribution in [1.82, 2.24) is 9.80 Å². The number of hydrogen-bond donors (Lipinski definition) is 0. The van der Waals surface area contributed by atoms with Crippen LogP contribution in [0.4, 0.5) is 0 Å². The SMILES string of the molecule is CC(C)CN(CCC#N)CC(=O)N(C)C. The lowest BCUT2D eigenvalue weighted by atomic mass is 10.2. The molecule has 0 spiro atoms. The second-order valence-electron chi connectivity index (χ2n) is 4.33. The largest absolute Gasteiger partial charge is 0.348 e. The summed E-state index contributed by atoms with van der Waals surface area (Å²) >= 11 is 0. The average Bonchev–Trinajstić information content (AvgIpc) is 2.13. The van der Waals surface area contributed by atoms with Crippen LogP contribution < -0.4 is 0 Å². The van der Waals surface area contributed by atoms with Gasteiger partial charge in [0.2, 0.25) is 5.91 Å². The summed E-state index contributed by atoms with van der Waals surface area (Å²) in [4.78, 5) is 15.1. The summed E-state index contributed by atoms with van der Waals surface area (Å²) in [6.07, 6.45) is 0.480. The van der Waals surface area contributed by atoms with Crippen LogP contribution in [0.3, 0.4) is 0 Å². The fourth-order valence-corrected chi connectivity index (χ4v) is 1.29. The van der Waals surface area contributed by atoms with Crippen molar-refractivity contribution in [3.8, 4) is 6.07 Å². The van der Waals surface area contributed by atoms with E-state index in [9.17, 15) is 4.79 Å². The first-order valence-corrected chi connectivity index (χ1v) is 5.26. The van der Waals surface area contributed by atoms with Crippen molar-refractivity contribution in [3.05, 3.63) is 0 Å². The number of nitriles is 1. The highest BCUT2D eigenvalue weighted by molar-refractivity contribution is 5.77. The topological polar surface area (TPSA) is 47.3 Å². The lowest BCUT2D eigenvalue weighted by molar-refractivity contribution is -0.130. The predicted octanol–water partition coefficient (Wildman–Crippen LogP) is 0.946. The summed E-state index contributed by atoms with van der Waals surface area (Å²) in [5, 5.41) is 8.52. The minimum absolute atomic E-state index is 0.0913. The van der Waals surface area contributed by atoms with Crippen molar-refractivity contribution in [3.63, 3.8) is 0 Å². The summed E-state index contributed by atoms with van der Waals surface area (Å²) < 4.78 is 0. The summed E-state index contributed by atoms with van der Waals surface area (Å²) in [6.45, 7) is 6.17. The van der Waals surface area contributed by atoms with E-state index < -0.39 is 0 Å². The number of amides is 1. The average molecular weight is 211 g/mol. The molecule has 0 unspecified atom stereocenters. The Labute approximate surface area is 92.5 Å². The van der Waals surface area contributed by atoms with Gasteiger partial charge < -0.3 is 4.90 Å². The Morgan fingerprint density at radius 2 is 2.00 bits per heavy atom. The molecule has 0 aliphatic carbocycles. The molecule has 4 nitrogen and oxygen atoms in total. The van der Waals surface area contributed by atoms with Crippen molar-refractivity contribution in [2.75, 3.05) is 33.7 Å². The first-order chi connectivity index (χ1) is 6.97. The first kappa shape index (κ1) is 13.9. The molecule has 0 rings (SSSR count). The molecule has 0 saturated carbocycles. The second kappa shape index (κ2) is 7.24. The van der Waals surface area contributed by atoms with Gasteiger partial charge in [-0.25, -0.2) is 0 Å². The van der Waals surface area contributed by atoms with Gasteiger partial charge in [0.15, 0.2) is 0 Å². The molecule has 86 valence electrons. The monoisotopic (exact) mass is 211 g/mol. The number of likely N-dealkylation sites (N-methyl/N-ethyl adjacent to an activating group) is 1. The molecular formula is C11H21N3O. The zero-order chi connectivity index (χ0) is 11.8. The van der Waals surface area contributed by atoms with E-state index in [1.807, 2.05) is 4.90 Å². The molecule has 0 N–H and O–H groups in total. The fraction of sp³-hybridized carbons (Fsp3) is 0.818. The fourth-order valence-electron chi connectivity index (χ4n) is 1.29. The van der Waals surface area contributed by atoms with Gasteiger partial charge in [-0.15, -0.1) is 0 Å². The van der Waals surface area contributed by atoms with Crippen molar-refractivity contribution < 1.29 is 4.79 Å². The quantitative estimate of drug-likeness (QED) is 0.657. The van der Waals surface area contributed by atoms with Crippen LogP contribution in [-0.2, 0) is 4.79 Å². The zero-order valence-corrected chi connectivity index (χ0v) is 10.2. The van der Waals surface area contributed by atoms with Gasteiger partial charge in [0.1, 0.15) is 0 Å². The highest BCUT2D eigenvalue weighted by atomic mass is 16.2. The molecule has 4 heteroatoms. The smallest absolute Gasteiger partial charge is 0.236 e. The molecule has 0 bridgehead atoms. The van der Waals surface area contributed by atoms with Crippen molar-refractivity contribution in [2.45, 2.75) is 20.3 Å². The number of hydrogen-bond acceptors (Lipinski definition) is 3. The van der Waals surface area contributed by atoms with Crippen LogP contribution in [0.25, 0.3) is 0 Å². The molecule has 0 saturated heterocycles. The Bertz CT molecular complexity index is 230. The van der Waals surface area contributed by atoms with Gasteiger partial charge in [-0.2, -0.15) is 5.26 Å².